The van der Waals surface area contributed by atoms with Crippen LogP contribution in [0.2, 0.25) is 0 Å². The van der Waals surface area contributed by atoms with E-state index >= 15 is 0 Å². The molecule has 0 aliphatic heterocycles. The van der Waals surface area contributed by atoms with Crippen molar-refractivity contribution < 1.29 is 13.2 Å². The Balaban J connectivity index is 2.75. The minimum Gasteiger partial charge on any atom is -0.240 e. The van der Waals surface area contributed by atoms with Crippen molar-refractivity contribution in [2.75, 3.05) is 0 Å². The minimum absolute atomic E-state index is 0.199. The summed E-state index contributed by atoms with van der Waals surface area (Å²) >= 11 is 5.42. The lowest BCUT2D eigenvalue weighted by molar-refractivity contribution is -0.144. The van der Waals surface area contributed by atoms with E-state index in [9.17, 15) is 13.2 Å². The van der Waals surface area contributed by atoms with E-state index in [4.69, 9.17) is 11.6 Å². The van der Waals surface area contributed by atoms with Gasteiger partial charge in [0.15, 0.2) is 5.69 Å². The lowest BCUT2D eigenvalue weighted by Crippen LogP contribution is -2.16. The Labute approximate surface area is 103 Å². The molecule has 3 nitrogen and oxygen atoms in total. The summed E-state index contributed by atoms with van der Waals surface area (Å²) in [6, 6.07) is 0. The number of aromatic nitrogens is 3. The van der Waals surface area contributed by atoms with Gasteiger partial charge < -0.3 is 0 Å². The molecular formula is C10H15ClF3N3. The van der Waals surface area contributed by atoms with Crippen LogP contribution in [0.25, 0.3) is 0 Å². The number of rotatable bonds is 6. The summed E-state index contributed by atoms with van der Waals surface area (Å²) in [4.78, 5) is 0. The van der Waals surface area contributed by atoms with Crippen LogP contribution in [0.1, 0.15) is 44.0 Å². The lowest BCUT2D eigenvalue weighted by Gasteiger charge is -2.10. The number of hydrogen-bond donors (Lipinski definition) is 0. The van der Waals surface area contributed by atoms with Gasteiger partial charge in [0.25, 0.3) is 0 Å². The van der Waals surface area contributed by atoms with Crippen molar-refractivity contribution in [3.05, 3.63) is 11.4 Å². The second kappa shape index (κ2) is 6.23. The van der Waals surface area contributed by atoms with Crippen LogP contribution >= 0.6 is 11.6 Å². The summed E-state index contributed by atoms with van der Waals surface area (Å²) in [7, 11) is 0. The molecule has 0 saturated heterocycles. The zero-order valence-electron chi connectivity index (χ0n) is 9.60. The van der Waals surface area contributed by atoms with Gasteiger partial charge in [-0.1, -0.05) is 31.4 Å². The molecule has 0 N–H and O–H groups in total. The first-order chi connectivity index (χ1) is 8.00. The monoisotopic (exact) mass is 269 g/mol. The SMILES string of the molecule is CCCCCCn1nnc(CCl)c1C(F)(F)F. The Morgan fingerprint density at radius 2 is 1.94 bits per heavy atom. The molecule has 0 amide bonds. The van der Waals surface area contributed by atoms with Crippen LogP contribution < -0.4 is 0 Å². The Morgan fingerprint density at radius 1 is 1.24 bits per heavy atom. The fourth-order valence-electron chi connectivity index (χ4n) is 1.59. The van der Waals surface area contributed by atoms with Crippen molar-refractivity contribution in [2.24, 2.45) is 0 Å². The molecule has 1 aromatic rings. The predicted octanol–water partition coefficient (Wildman–Crippen LogP) is 3.62. The second-order valence-electron chi connectivity index (χ2n) is 3.80. The van der Waals surface area contributed by atoms with Crippen LogP contribution in [0.5, 0.6) is 0 Å². The van der Waals surface area contributed by atoms with Crippen LogP contribution in [-0.2, 0) is 18.6 Å². The van der Waals surface area contributed by atoms with Crippen molar-refractivity contribution in [1.29, 1.82) is 0 Å². The Morgan fingerprint density at radius 3 is 2.47 bits per heavy atom. The van der Waals surface area contributed by atoms with E-state index in [0.29, 0.717) is 6.42 Å². The third-order valence-corrected chi connectivity index (χ3v) is 2.68. The first-order valence-electron chi connectivity index (χ1n) is 5.56. The molecule has 0 aliphatic carbocycles. The highest BCUT2D eigenvalue weighted by Crippen LogP contribution is 2.31. The van der Waals surface area contributed by atoms with Gasteiger partial charge in [-0.05, 0) is 6.42 Å². The molecule has 0 aromatic carbocycles. The molecular weight excluding hydrogens is 255 g/mol. The van der Waals surface area contributed by atoms with Gasteiger partial charge in [-0.3, -0.25) is 0 Å². The molecule has 0 fully saturated rings. The Kier molecular flexibility index (Phi) is 5.24. The largest absolute Gasteiger partial charge is 0.434 e. The number of nitrogens with zero attached hydrogens (tertiary/aromatic N) is 3. The lowest BCUT2D eigenvalue weighted by atomic mass is 10.2. The third-order valence-electron chi connectivity index (χ3n) is 2.42. The van der Waals surface area contributed by atoms with Crippen molar-refractivity contribution in [3.8, 4) is 0 Å². The highest BCUT2D eigenvalue weighted by atomic mass is 35.5. The number of alkyl halides is 4. The summed E-state index contributed by atoms with van der Waals surface area (Å²) in [6.45, 7) is 2.28. The van der Waals surface area contributed by atoms with Crippen molar-refractivity contribution in [2.45, 2.75) is 51.2 Å². The first-order valence-corrected chi connectivity index (χ1v) is 6.09. The van der Waals surface area contributed by atoms with Crippen LogP contribution in [0.4, 0.5) is 13.2 Å². The van der Waals surface area contributed by atoms with Crippen molar-refractivity contribution in [3.63, 3.8) is 0 Å². The maximum absolute atomic E-state index is 12.7. The smallest absolute Gasteiger partial charge is 0.240 e. The van der Waals surface area contributed by atoms with Gasteiger partial charge >= 0.3 is 6.18 Å². The molecule has 98 valence electrons. The van der Waals surface area contributed by atoms with Crippen molar-refractivity contribution >= 4 is 11.6 Å². The molecule has 1 heterocycles. The third kappa shape index (κ3) is 3.87. The molecule has 1 aromatic heterocycles. The number of hydrogen-bond acceptors (Lipinski definition) is 2. The summed E-state index contributed by atoms with van der Waals surface area (Å²) < 4.78 is 39.1. The fourth-order valence-corrected chi connectivity index (χ4v) is 1.77. The number of aryl methyl sites for hydroxylation is 1. The zero-order chi connectivity index (χ0) is 12.9. The highest BCUT2D eigenvalue weighted by molar-refractivity contribution is 6.16. The molecule has 1 rings (SSSR count). The molecule has 0 atom stereocenters. The normalized spacial score (nSPS) is 12.1. The predicted molar refractivity (Wildman–Crippen MR) is 58.7 cm³/mol. The summed E-state index contributed by atoms with van der Waals surface area (Å²) in [5.74, 6) is -0.274. The van der Waals surface area contributed by atoms with E-state index in [2.05, 4.69) is 10.3 Å². The van der Waals surface area contributed by atoms with Crippen LogP contribution in [-0.4, -0.2) is 15.0 Å². The van der Waals surface area contributed by atoms with Gasteiger partial charge in [0.1, 0.15) is 5.69 Å². The van der Waals surface area contributed by atoms with Crippen LogP contribution in [0.3, 0.4) is 0 Å². The molecule has 0 saturated carbocycles. The van der Waals surface area contributed by atoms with Gasteiger partial charge in [-0.25, -0.2) is 4.68 Å². The number of unbranched alkanes of at least 4 members (excludes halogenated alkanes) is 3. The van der Waals surface area contributed by atoms with Gasteiger partial charge in [0.05, 0.1) is 5.88 Å². The first kappa shape index (κ1) is 14.3. The average molecular weight is 270 g/mol. The standard InChI is InChI=1S/C10H15ClF3N3/c1-2-3-4-5-6-17-9(10(12,13)14)8(7-11)15-16-17/h2-7H2,1H3. The molecule has 7 heteroatoms. The summed E-state index contributed by atoms with van der Waals surface area (Å²) in [5.41, 5.74) is -1.02. The summed E-state index contributed by atoms with van der Waals surface area (Å²) in [5, 5.41) is 6.97. The van der Waals surface area contributed by atoms with Crippen LogP contribution in [0, 0.1) is 0 Å². The molecule has 0 spiro atoms. The maximum atomic E-state index is 12.7. The van der Waals surface area contributed by atoms with E-state index in [1.54, 1.807) is 0 Å². The van der Waals surface area contributed by atoms with E-state index in [-0.39, 0.29) is 18.1 Å². The molecule has 17 heavy (non-hydrogen) atoms. The number of halogens is 4. The summed E-state index contributed by atoms with van der Waals surface area (Å²) in [6.07, 6.45) is -0.834. The van der Waals surface area contributed by atoms with Gasteiger partial charge in [-0.15, -0.1) is 16.7 Å². The Bertz CT molecular complexity index is 349. The maximum Gasteiger partial charge on any atom is 0.434 e. The van der Waals surface area contributed by atoms with Crippen LogP contribution in [0.15, 0.2) is 0 Å². The fraction of sp³-hybridized carbons (Fsp3) is 0.800. The zero-order valence-corrected chi connectivity index (χ0v) is 10.4. The van der Waals surface area contributed by atoms with Gasteiger partial charge in [0, 0.05) is 6.54 Å². The highest BCUT2D eigenvalue weighted by Gasteiger charge is 2.38. The second-order valence-corrected chi connectivity index (χ2v) is 4.07. The van der Waals surface area contributed by atoms with E-state index in [0.717, 1.165) is 23.9 Å². The van der Waals surface area contributed by atoms with Crippen molar-refractivity contribution in [1.82, 2.24) is 15.0 Å². The average Bonchev–Trinajstić information content (AvgIpc) is 2.67. The molecule has 0 bridgehead atoms. The molecule has 0 aliphatic rings. The quantitative estimate of drug-likeness (QED) is 0.583. The van der Waals surface area contributed by atoms with E-state index in [1.807, 2.05) is 6.92 Å². The topological polar surface area (TPSA) is 30.7 Å². The molecule has 0 radical (unpaired) electrons. The van der Waals surface area contributed by atoms with E-state index in [1.165, 1.54) is 0 Å². The molecule has 0 unspecified atom stereocenters. The van der Waals surface area contributed by atoms with E-state index < -0.39 is 11.9 Å². The van der Waals surface area contributed by atoms with Gasteiger partial charge in [-0.2, -0.15) is 13.2 Å². The minimum atomic E-state index is -4.45. The Hall–Kier alpha value is -0.780. The van der Waals surface area contributed by atoms with Gasteiger partial charge in [0.2, 0.25) is 0 Å².